The number of alkyl halides is 2. The molecule has 2 saturated heterocycles. The highest BCUT2D eigenvalue weighted by atomic mass is 32.1. The molecule has 5 atom stereocenters. The first-order valence-electron chi connectivity index (χ1n) is 26.5. The van der Waals surface area contributed by atoms with Gasteiger partial charge in [0.1, 0.15) is 41.7 Å². The molecule has 5 N–H and O–H groups in total. The molecular formula is C58H76F2N10O7S. The van der Waals surface area contributed by atoms with Gasteiger partial charge in [-0.3, -0.25) is 19.3 Å². The van der Waals surface area contributed by atoms with Gasteiger partial charge in [-0.1, -0.05) is 71.9 Å². The molecule has 0 saturated carbocycles. The van der Waals surface area contributed by atoms with E-state index in [-0.39, 0.29) is 60.7 Å². The molecule has 0 unspecified atom stereocenters. The first kappa shape index (κ1) is 58.9. The third kappa shape index (κ3) is 16.2. The summed E-state index contributed by atoms with van der Waals surface area (Å²) >= 11 is 1.57. The van der Waals surface area contributed by atoms with Gasteiger partial charge in [-0.05, 0) is 111 Å². The van der Waals surface area contributed by atoms with Crippen molar-refractivity contribution in [2.75, 3.05) is 56.1 Å². The number of alkyl carbamates (subject to hydrolysis) is 1. The predicted molar refractivity (Wildman–Crippen MR) is 300 cm³/mol. The van der Waals surface area contributed by atoms with Crippen LogP contribution in [-0.2, 0) is 19.1 Å². The summed E-state index contributed by atoms with van der Waals surface area (Å²) in [5.41, 5.74) is 4.69. The van der Waals surface area contributed by atoms with E-state index in [1.807, 2.05) is 102 Å². The van der Waals surface area contributed by atoms with Gasteiger partial charge in [-0.25, -0.2) is 28.5 Å². The third-order valence-electron chi connectivity index (χ3n) is 13.5. The van der Waals surface area contributed by atoms with Gasteiger partial charge >= 0.3 is 6.09 Å². The molecule has 4 amide bonds. The number of likely N-dealkylation sites (tertiary alicyclic amines) is 1. The fraction of sp³-hybridized carbons (Fsp3) is 0.500. The van der Waals surface area contributed by atoms with Crippen molar-refractivity contribution in [2.24, 2.45) is 10.8 Å². The van der Waals surface area contributed by atoms with E-state index >= 15 is 0 Å². The smallest absolute Gasteiger partial charge is 0.407 e. The van der Waals surface area contributed by atoms with Crippen molar-refractivity contribution in [3.63, 3.8) is 0 Å². The minimum atomic E-state index is -2.82. The van der Waals surface area contributed by atoms with Gasteiger partial charge in [0.2, 0.25) is 17.7 Å². The molecule has 2 aliphatic heterocycles. The minimum Gasteiger partial charge on any atom is -0.491 e. The van der Waals surface area contributed by atoms with Gasteiger partial charge in [0.05, 0.1) is 58.3 Å². The molecule has 0 bridgehead atoms. The van der Waals surface area contributed by atoms with Gasteiger partial charge in [0.25, 0.3) is 6.43 Å². The Bertz CT molecular complexity index is 2860. The van der Waals surface area contributed by atoms with Crippen LogP contribution in [0.15, 0.2) is 84.6 Å². The van der Waals surface area contributed by atoms with E-state index in [2.05, 4.69) is 36.1 Å². The fourth-order valence-corrected chi connectivity index (χ4v) is 10.4. The average molecular weight is 1100 g/mol. The highest BCUT2D eigenvalue weighted by Crippen LogP contribution is 2.36. The molecule has 3 aromatic heterocycles. The van der Waals surface area contributed by atoms with Crippen LogP contribution in [0.4, 0.5) is 30.9 Å². The molecule has 2 aliphatic rings. The molecule has 20 heteroatoms. The number of ether oxygens (including phenoxy) is 2. The van der Waals surface area contributed by atoms with Crippen LogP contribution in [0, 0.1) is 17.8 Å². The number of aliphatic hydroxyl groups is 1. The van der Waals surface area contributed by atoms with E-state index < -0.39 is 53.7 Å². The molecule has 0 aliphatic carbocycles. The van der Waals surface area contributed by atoms with Crippen molar-refractivity contribution in [1.29, 1.82) is 0 Å². The van der Waals surface area contributed by atoms with Crippen LogP contribution in [0.2, 0.25) is 0 Å². The highest BCUT2D eigenvalue weighted by molar-refractivity contribution is 7.13. The number of carbonyl (C=O) groups is 4. The SMILES string of the molecule is Cc1ncsc1-c1ccc([C@H](C)NC(=O)[C@@H]2C[C@@H](O)CN2C(=O)[C@@H](NC(=O)CN2CCN(c3ccc(Nc4cc(-c5ccc(OC[C@H](CC(C)(C)C)NC(=O)OC(C)(C)C)c(C(F)F)c5)ccn4)cn3)CC2)C(C)(C)C)cc1. The fourth-order valence-electron chi connectivity index (χ4n) is 9.62. The summed E-state index contributed by atoms with van der Waals surface area (Å²) in [6, 6.07) is 17.1. The topological polar surface area (TPSA) is 203 Å². The number of pyridine rings is 2. The van der Waals surface area contributed by atoms with Gasteiger partial charge in [0.15, 0.2) is 0 Å². The first-order valence-corrected chi connectivity index (χ1v) is 27.4. The summed E-state index contributed by atoms with van der Waals surface area (Å²) in [4.78, 5) is 74.5. The number of rotatable bonds is 18. The number of nitrogens with one attached hydrogen (secondary N) is 4. The number of aryl methyl sites for hydroxylation is 1. The van der Waals surface area contributed by atoms with Gasteiger partial charge in [-0.15, -0.1) is 11.3 Å². The lowest BCUT2D eigenvalue weighted by Gasteiger charge is -2.37. The number of nitrogens with zero attached hydrogens (tertiary/aromatic N) is 6. The number of aromatic nitrogens is 3. The second-order valence-corrected chi connectivity index (χ2v) is 24.4. The zero-order valence-electron chi connectivity index (χ0n) is 46.7. The maximum atomic E-state index is 14.5. The largest absolute Gasteiger partial charge is 0.491 e. The predicted octanol–water partition coefficient (Wildman–Crippen LogP) is 9.46. The Balaban J connectivity index is 0.899. The number of piperazine rings is 1. The maximum Gasteiger partial charge on any atom is 0.407 e. The molecule has 5 aromatic rings. The molecule has 78 heavy (non-hydrogen) atoms. The van der Waals surface area contributed by atoms with E-state index in [1.54, 1.807) is 62.7 Å². The Morgan fingerprint density at radius 3 is 2.14 bits per heavy atom. The van der Waals surface area contributed by atoms with Crippen molar-refractivity contribution in [3.05, 3.63) is 101 Å². The van der Waals surface area contributed by atoms with Crippen LogP contribution in [0.5, 0.6) is 5.75 Å². The van der Waals surface area contributed by atoms with Crippen LogP contribution >= 0.6 is 11.3 Å². The van der Waals surface area contributed by atoms with Crippen LogP contribution in [-0.4, -0.2) is 129 Å². The number of thiazole rings is 1. The van der Waals surface area contributed by atoms with Crippen molar-refractivity contribution >= 4 is 52.5 Å². The number of amides is 4. The van der Waals surface area contributed by atoms with Gasteiger partial charge in [0, 0.05) is 45.3 Å². The summed E-state index contributed by atoms with van der Waals surface area (Å²) in [7, 11) is 0. The van der Waals surface area contributed by atoms with E-state index in [1.165, 1.54) is 17.0 Å². The van der Waals surface area contributed by atoms with Crippen molar-refractivity contribution < 1.29 is 42.5 Å². The number of benzene rings is 2. The number of hydrogen-bond acceptors (Lipinski definition) is 14. The third-order valence-corrected chi connectivity index (χ3v) is 14.5. The molecule has 420 valence electrons. The zero-order valence-corrected chi connectivity index (χ0v) is 47.5. The maximum absolute atomic E-state index is 14.5. The lowest BCUT2D eigenvalue weighted by atomic mass is 9.85. The summed E-state index contributed by atoms with van der Waals surface area (Å²) in [6.45, 7) is 23.1. The number of halogens is 2. The Labute approximate surface area is 460 Å². The van der Waals surface area contributed by atoms with E-state index in [0.29, 0.717) is 55.2 Å². The van der Waals surface area contributed by atoms with Gasteiger partial charge < -0.3 is 45.6 Å². The lowest BCUT2D eigenvalue weighted by molar-refractivity contribution is -0.144. The molecule has 2 aromatic carbocycles. The van der Waals surface area contributed by atoms with Crippen molar-refractivity contribution in [2.45, 2.75) is 131 Å². The monoisotopic (exact) mass is 1090 g/mol. The Morgan fingerprint density at radius 2 is 1.53 bits per heavy atom. The van der Waals surface area contributed by atoms with Crippen LogP contribution in [0.3, 0.4) is 0 Å². The molecule has 0 radical (unpaired) electrons. The number of carbonyl (C=O) groups excluding carboxylic acids is 4. The Hall–Kier alpha value is -6.77. The van der Waals surface area contributed by atoms with Crippen LogP contribution < -0.4 is 30.9 Å². The summed E-state index contributed by atoms with van der Waals surface area (Å²) in [6.07, 6.45) is -0.424. The zero-order chi connectivity index (χ0) is 56.7. The van der Waals surface area contributed by atoms with Gasteiger partial charge in [-0.2, -0.15) is 0 Å². The first-order chi connectivity index (χ1) is 36.7. The van der Waals surface area contributed by atoms with Crippen LogP contribution in [0.1, 0.15) is 111 Å². The molecule has 0 spiro atoms. The van der Waals surface area contributed by atoms with Crippen molar-refractivity contribution in [3.8, 4) is 27.3 Å². The van der Waals surface area contributed by atoms with Crippen molar-refractivity contribution in [1.82, 2.24) is 40.7 Å². The second-order valence-electron chi connectivity index (χ2n) is 23.6. The lowest BCUT2D eigenvalue weighted by Crippen LogP contribution is -2.59. The second kappa shape index (κ2) is 24.9. The number of anilines is 3. The number of hydrogen-bond donors (Lipinski definition) is 5. The van der Waals surface area contributed by atoms with Crippen LogP contribution in [0.25, 0.3) is 21.6 Å². The summed E-state index contributed by atoms with van der Waals surface area (Å²) in [5, 5.41) is 22.9. The molecule has 2 fully saturated rings. The molecule has 7 rings (SSSR count). The quantitative estimate of drug-likeness (QED) is 0.0556. The Kier molecular flexibility index (Phi) is 18.8. The van der Waals surface area contributed by atoms with E-state index in [4.69, 9.17) is 14.5 Å². The summed E-state index contributed by atoms with van der Waals surface area (Å²) < 4.78 is 40.5. The summed E-state index contributed by atoms with van der Waals surface area (Å²) in [5.74, 6) is 0.141. The molecule has 5 heterocycles. The van der Waals surface area contributed by atoms with E-state index in [9.17, 15) is 33.1 Å². The molecule has 17 nitrogen and oxygen atoms in total. The van der Waals surface area contributed by atoms with E-state index in [0.717, 1.165) is 27.5 Å². The minimum absolute atomic E-state index is 0.0213. The number of aliphatic hydroxyl groups excluding tert-OH is 1. The Morgan fingerprint density at radius 1 is 0.833 bits per heavy atom. The normalized spacial score (nSPS) is 17.5. The highest BCUT2D eigenvalue weighted by Gasteiger charge is 2.45. The average Bonchev–Trinajstić information content (AvgIpc) is 4.01. The molecular weight excluding hydrogens is 1020 g/mol. The number of β-amino-alcohol motifs (C(OH)–C–C–N with tert-alkyl or cyclic N) is 1. The standard InChI is InChI=1S/C58H76F2N10O7S/c1-35(37-12-14-38(15-13-37)50-36(2)63-34-78-50)64-53(73)45-28-43(71)31-70(45)54(74)51(57(6,7)8)67-49(72)32-68-22-24-69(25-23-68)48-19-17-41(30-62-48)65-47-27-40(20-21-61-47)39-16-18-46(44(26-39)52(59)60)76-33-42(29-56(3,4)5)66-55(75)77-58(9,10)11/h12-21,26-27,30,34-35,42-43,45,51-52,71H,22-25,28-29,31-33H2,1-11H3,(H,61,65)(H,64,73)(H,66,75)(H,67,72)/t35-,42-,43+,45-,51+/m0/s1.